The van der Waals surface area contributed by atoms with E-state index in [-0.39, 0.29) is 5.91 Å². The Hall–Kier alpha value is -2.14. The van der Waals surface area contributed by atoms with E-state index in [2.05, 4.69) is 41.2 Å². The van der Waals surface area contributed by atoms with Crippen molar-refractivity contribution in [2.45, 2.75) is 46.5 Å². The number of aromatic nitrogens is 1. The minimum atomic E-state index is 0.145. The second-order valence-corrected chi connectivity index (χ2v) is 8.24. The summed E-state index contributed by atoms with van der Waals surface area (Å²) in [5.74, 6) is 1.44. The number of benzene rings is 1. The van der Waals surface area contributed by atoms with Gasteiger partial charge in [0, 0.05) is 32.2 Å². The molecule has 1 aliphatic rings. The summed E-state index contributed by atoms with van der Waals surface area (Å²) < 4.78 is 5.18. The highest BCUT2D eigenvalue weighted by atomic mass is 16.5. The number of nitrogens with zero attached hydrogens (tertiary/aromatic N) is 3. The summed E-state index contributed by atoms with van der Waals surface area (Å²) in [6.07, 6.45) is 3.88. The molecule has 0 saturated carbocycles. The zero-order valence-corrected chi connectivity index (χ0v) is 17.7. The van der Waals surface area contributed by atoms with E-state index in [0.717, 1.165) is 43.1 Å². The van der Waals surface area contributed by atoms with Gasteiger partial charge in [-0.15, -0.1) is 0 Å². The molecule has 1 aromatic carbocycles. The standard InChI is InChI=1S/C23H33N3O2/c1-17-8-5-6-10-21(17)11-13-26-12-7-9-20(16-26)15-25(4)23(27)14-22-18(2)24-28-19(22)3/h5-6,8,10,20H,7,9,11-16H2,1-4H3/t20-/m0/s1. The van der Waals surface area contributed by atoms with Crippen LogP contribution in [0.5, 0.6) is 0 Å². The molecule has 1 aromatic heterocycles. The monoisotopic (exact) mass is 383 g/mol. The Morgan fingerprint density at radius 3 is 2.79 bits per heavy atom. The normalized spacial score (nSPS) is 17.6. The molecule has 0 aliphatic carbocycles. The lowest BCUT2D eigenvalue weighted by atomic mass is 9.96. The van der Waals surface area contributed by atoms with Crippen molar-refractivity contribution in [3.63, 3.8) is 0 Å². The molecule has 1 atom stereocenters. The van der Waals surface area contributed by atoms with Crippen LogP contribution in [0, 0.1) is 26.7 Å². The Kier molecular flexibility index (Phi) is 6.89. The SMILES string of the molecule is Cc1ccccc1CCN1CCC[C@@H](CN(C)C(=O)Cc2c(C)noc2C)C1. The summed E-state index contributed by atoms with van der Waals surface area (Å²) in [5, 5.41) is 3.95. The topological polar surface area (TPSA) is 49.6 Å². The first-order valence-corrected chi connectivity index (χ1v) is 10.4. The van der Waals surface area contributed by atoms with Crippen LogP contribution >= 0.6 is 0 Å². The Balaban J connectivity index is 1.48. The van der Waals surface area contributed by atoms with Crippen molar-refractivity contribution in [2.24, 2.45) is 5.92 Å². The molecule has 2 aromatic rings. The van der Waals surface area contributed by atoms with Crippen LogP contribution in [0.15, 0.2) is 28.8 Å². The van der Waals surface area contributed by atoms with Crippen molar-refractivity contribution in [3.05, 3.63) is 52.4 Å². The number of rotatable bonds is 7. The van der Waals surface area contributed by atoms with E-state index in [4.69, 9.17) is 4.52 Å². The maximum absolute atomic E-state index is 12.7. The second-order valence-electron chi connectivity index (χ2n) is 8.24. The minimum Gasteiger partial charge on any atom is -0.361 e. The quantitative estimate of drug-likeness (QED) is 0.734. The Morgan fingerprint density at radius 2 is 2.07 bits per heavy atom. The molecule has 0 spiro atoms. The first kappa shape index (κ1) is 20.6. The zero-order chi connectivity index (χ0) is 20.1. The first-order chi connectivity index (χ1) is 13.4. The van der Waals surface area contributed by atoms with Crippen molar-refractivity contribution < 1.29 is 9.32 Å². The molecule has 1 amide bonds. The smallest absolute Gasteiger partial charge is 0.226 e. The summed E-state index contributed by atoms with van der Waals surface area (Å²) in [6, 6.07) is 8.65. The first-order valence-electron chi connectivity index (χ1n) is 10.4. The molecule has 0 radical (unpaired) electrons. The number of hydrogen-bond acceptors (Lipinski definition) is 4. The molecule has 5 nitrogen and oxygen atoms in total. The number of carbonyl (C=O) groups is 1. The number of likely N-dealkylation sites (N-methyl/N-ethyl adjacent to an activating group) is 1. The van der Waals surface area contributed by atoms with Gasteiger partial charge in [-0.1, -0.05) is 29.4 Å². The van der Waals surface area contributed by atoms with Crippen LogP contribution in [-0.4, -0.2) is 54.1 Å². The van der Waals surface area contributed by atoms with Gasteiger partial charge in [0.25, 0.3) is 0 Å². The van der Waals surface area contributed by atoms with Gasteiger partial charge in [-0.3, -0.25) is 4.79 Å². The summed E-state index contributed by atoms with van der Waals surface area (Å²) in [4.78, 5) is 17.1. The van der Waals surface area contributed by atoms with E-state index in [1.54, 1.807) is 0 Å². The third kappa shape index (κ3) is 5.22. The van der Waals surface area contributed by atoms with Crippen LogP contribution < -0.4 is 0 Å². The molecule has 0 N–H and O–H groups in total. The van der Waals surface area contributed by atoms with Crippen molar-refractivity contribution >= 4 is 5.91 Å². The molecule has 0 unspecified atom stereocenters. The van der Waals surface area contributed by atoms with E-state index < -0.39 is 0 Å². The molecular weight excluding hydrogens is 350 g/mol. The third-order valence-corrected chi connectivity index (χ3v) is 6.03. The third-order valence-electron chi connectivity index (χ3n) is 6.03. The van der Waals surface area contributed by atoms with Gasteiger partial charge in [-0.2, -0.15) is 0 Å². The molecule has 3 rings (SSSR count). The maximum atomic E-state index is 12.7. The summed E-state index contributed by atoms with van der Waals surface area (Å²) in [6.45, 7) is 10.1. The van der Waals surface area contributed by atoms with Crippen LogP contribution in [0.3, 0.4) is 0 Å². The Morgan fingerprint density at radius 1 is 1.29 bits per heavy atom. The average molecular weight is 384 g/mol. The van der Waals surface area contributed by atoms with Gasteiger partial charge in [0.2, 0.25) is 5.91 Å². The molecule has 28 heavy (non-hydrogen) atoms. The fourth-order valence-electron chi connectivity index (χ4n) is 4.20. The number of amides is 1. The number of likely N-dealkylation sites (tertiary alicyclic amines) is 1. The van der Waals surface area contributed by atoms with Crippen LogP contribution in [0.1, 0.15) is 41.0 Å². The van der Waals surface area contributed by atoms with Gasteiger partial charge in [0.05, 0.1) is 12.1 Å². The van der Waals surface area contributed by atoms with Crippen LogP contribution in [-0.2, 0) is 17.6 Å². The van der Waals surface area contributed by atoms with Gasteiger partial charge in [0.15, 0.2) is 0 Å². The lowest BCUT2D eigenvalue weighted by molar-refractivity contribution is -0.130. The molecule has 1 fully saturated rings. The fraction of sp³-hybridized carbons (Fsp3) is 0.565. The van der Waals surface area contributed by atoms with Crippen LogP contribution in [0.4, 0.5) is 0 Å². The number of piperidine rings is 1. The van der Waals surface area contributed by atoms with Crippen molar-refractivity contribution in [1.82, 2.24) is 15.0 Å². The summed E-state index contributed by atoms with van der Waals surface area (Å²) >= 11 is 0. The van der Waals surface area contributed by atoms with Gasteiger partial charge in [-0.05, 0) is 63.6 Å². The maximum Gasteiger partial charge on any atom is 0.226 e. The van der Waals surface area contributed by atoms with Crippen molar-refractivity contribution in [3.8, 4) is 0 Å². The molecule has 1 aliphatic heterocycles. The van der Waals surface area contributed by atoms with Crippen LogP contribution in [0.2, 0.25) is 0 Å². The van der Waals surface area contributed by atoms with E-state index >= 15 is 0 Å². The zero-order valence-electron chi connectivity index (χ0n) is 17.7. The summed E-state index contributed by atoms with van der Waals surface area (Å²) in [5.41, 5.74) is 4.57. The van der Waals surface area contributed by atoms with Gasteiger partial charge >= 0.3 is 0 Å². The fourth-order valence-corrected chi connectivity index (χ4v) is 4.20. The Bertz CT molecular complexity index is 779. The van der Waals surface area contributed by atoms with E-state index in [9.17, 15) is 4.79 Å². The van der Waals surface area contributed by atoms with E-state index in [0.29, 0.717) is 12.3 Å². The second kappa shape index (κ2) is 9.37. The molecular formula is C23H33N3O2. The Labute approximate surface area is 168 Å². The minimum absolute atomic E-state index is 0.145. The van der Waals surface area contributed by atoms with Crippen molar-refractivity contribution in [1.29, 1.82) is 0 Å². The predicted octanol–water partition coefficient (Wildman–Crippen LogP) is 3.56. The largest absolute Gasteiger partial charge is 0.361 e. The highest BCUT2D eigenvalue weighted by Gasteiger charge is 2.23. The number of hydrogen-bond donors (Lipinski definition) is 0. The molecule has 1 saturated heterocycles. The summed E-state index contributed by atoms with van der Waals surface area (Å²) in [7, 11) is 1.92. The molecule has 2 heterocycles. The lowest BCUT2D eigenvalue weighted by Crippen LogP contribution is -2.42. The van der Waals surface area contributed by atoms with E-state index in [1.165, 1.54) is 30.5 Å². The highest BCUT2D eigenvalue weighted by Crippen LogP contribution is 2.20. The predicted molar refractivity (Wildman–Crippen MR) is 111 cm³/mol. The number of carbonyl (C=O) groups excluding carboxylic acids is 1. The van der Waals surface area contributed by atoms with Gasteiger partial charge < -0.3 is 14.3 Å². The highest BCUT2D eigenvalue weighted by molar-refractivity contribution is 5.79. The average Bonchev–Trinajstić information content (AvgIpc) is 2.99. The van der Waals surface area contributed by atoms with Gasteiger partial charge in [0.1, 0.15) is 5.76 Å². The molecule has 0 bridgehead atoms. The lowest BCUT2D eigenvalue weighted by Gasteiger charge is -2.35. The molecule has 5 heteroatoms. The number of aryl methyl sites for hydroxylation is 3. The van der Waals surface area contributed by atoms with Crippen molar-refractivity contribution in [2.75, 3.05) is 33.2 Å². The van der Waals surface area contributed by atoms with Crippen LogP contribution in [0.25, 0.3) is 0 Å². The van der Waals surface area contributed by atoms with Gasteiger partial charge in [-0.25, -0.2) is 0 Å². The molecule has 152 valence electrons. The van der Waals surface area contributed by atoms with E-state index in [1.807, 2.05) is 25.8 Å².